The van der Waals surface area contributed by atoms with Gasteiger partial charge in [0.2, 0.25) is 0 Å². The van der Waals surface area contributed by atoms with Crippen molar-refractivity contribution >= 4 is 34.7 Å². The summed E-state index contributed by atoms with van der Waals surface area (Å²) in [7, 11) is 0. The van der Waals surface area contributed by atoms with Crippen LogP contribution in [-0.4, -0.2) is 54.0 Å². The Balaban J connectivity index is 1.35. The van der Waals surface area contributed by atoms with Crippen molar-refractivity contribution in [2.45, 2.75) is 12.8 Å². The number of nitriles is 1. The molecule has 0 unspecified atom stereocenters. The summed E-state index contributed by atoms with van der Waals surface area (Å²) in [5.41, 5.74) is 6.05. The predicted molar refractivity (Wildman–Crippen MR) is 139 cm³/mol. The van der Waals surface area contributed by atoms with Crippen molar-refractivity contribution in [3.63, 3.8) is 0 Å². The third-order valence-corrected chi connectivity index (χ3v) is 6.41. The molecule has 0 radical (unpaired) electrons. The Morgan fingerprint density at radius 1 is 1.18 bits per heavy atom. The Bertz CT molecular complexity index is 1190. The second-order valence-electron chi connectivity index (χ2n) is 7.83. The maximum atomic E-state index is 9.63. The SMILES string of the molecule is N#Cc1cc(C(=N)N2CCCNCC2)ccc1CC=NC(=N)C=C1NN=C(c2ccccc2)S1. The number of hydrogen-bond acceptors (Lipinski definition) is 7. The van der Waals surface area contributed by atoms with Crippen molar-refractivity contribution in [1.29, 1.82) is 16.1 Å². The molecule has 2 aromatic rings. The van der Waals surface area contributed by atoms with E-state index in [1.807, 2.05) is 42.5 Å². The Hall–Kier alpha value is -3.74. The number of hydrazone groups is 1. The molecule has 0 spiro atoms. The van der Waals surface area contributed by atoms with Crippen LogP contribution in [-0.2, 0) is 6.42 Å². The summed E-state index contributed by atoms with van der Waals surface area (Å²) >= 11 is 1.46. The number of nitrogens with one attached hydrogen (secondary N) is 4. The average molecular weight is 471 g/mol. The van der Waals surface area contributed by atoms with Crippen LogP contribution in [0.2, 0.25) is 0 Å². The van der Waals surface area contributed by atoms with E-state index in [9.17, 15) is 5.26 Å². The highest BCUT2D eigenvalue weighted by atomic mass is 32.2. The maximum Gasteiger partial charge on any atom is 0.146 e. The molecule has 1 fully saturated rings. The van der Waals surface area contributed by atoms with E-state index < -0.39 is 0 Å². The Morgan fingerprint density at radius 2 is 2.03 bits per heavy atom. The van der Waals surface area contributed by atoms with Crippen LogP contribution in [0.3, 0.4) is 0 Å². The van der Waals surface area contributed by atoms with Gasteiger partial charge in [-0.2, -0.15) is 10.4 Å². The molecule has 0 atom stereocenters. The quantitative estimate of drug-likeness (QED) is 0.394. The molecule has 1 saturated heterocycles. The molecule has 2 heterocycles. The summed E-state index contributed by atoms with van der Waals surface area (Å²) in [6.45, 7) is 3.45. The zero-order valence-corrected chi connectivity index (χ0v) is 19.5. The zero-order valence-electron chi connectivity index (χ0n) is 18.7. The molecule has 8 nitrogen and oxygen atoms in total. The van der Waals surface area contributed by atoms with Crippen LogP contribution in [0.25, 0.3) is 0 Å². The summed E-state index contributed by atoms with van der Waals surface area (Å²) in [6.07, 6.45) is 4.70. The van der Waals surface area contributed by atoms with Crippen LogP contribution in [0.15, 0.2) is 69.7 Å². The molecule has 2 aliphatic heterocycles. The summed E-state index contributed by atoms with van der Waals surface area (Å²) < 4.78 is 0. The molecule has 2 aromatic carbocycles. The summed E-state index contributed by atoms with van der Waals surface area (Å²) in [5, 5.41) is 35.5. The second-order valence-corrected chi connectivity index (χ2v) is 8.86. The van der Waals surface area contributed by atoms with Gasteiger partial charge in [0.05, 0.1) is 16.7 Å². The van der Waals surface area contributed by atoms with Crippen LogP contribution in [0, 0.1) is 22.1 Å². The molecule has 9 heteroatoms. The standard InChI is InChI=1S/C25H26N8S/c26-17-21-15-20(24(28)33-13-4-10-29-12-14-33)8-7-18(21)9-11-30-22(27)16-23-31-32-25(34-23)19-5-2-1-3-6-19/h1-3,5-8,11,15-16,27-29,31H,4,9-10,12-14H2. The zero-order chi connectivity index (χ0) is 23.8. The van der Waals surface area contributed by atoms with E-state index in [0.717, 1.165) is 59.4 Å². The van der Waals surface area contributed by atoms with Crippen molar-refractivity contribution in [1.82, 2.24) is 15.6 Å². The summed E-state index contributed by atoms with van der Waals surface area (Å²) in [4.78, 5) is 6.26. The molecule has 4 rings (SSSR count). The molecule has 0 amide bonds. The first-order chi connectivity index (χ1) is 16.6. The van der Waals surface area contributed by atoms with E-state index in [0.29, 0.717) is 17.8 Å². The average Bonchev–Trinajstić information content (AvgIpc) is 3.16. The lowest BCUT2D eigenvalue weighted by molar-refractivity contribution is 0.444. The van der Waals surface area contributed by atoms with E-state index in [1.54, 1.807) is 18.4 Å². The van der Waals surface area contributed by atoms with E-state index in [4.69, 9.17) is 10.8 Å². The van der Waals surface area contributed by atoms with Crippen LogP contribution in [0.5, 0.6) is 0 Å². The van der Waals surface area contributed by atoms with Gasteiger partial charge in [0, 0.05) is 49.5 Å². The van der Waals surface area contributed by atoms with E-state index >= 15 is 0 Å². The maximum absolute atomic E-state index is 9.63. The summed E-state index contributed by atoms with van der Waals surface area (Å²) in [6, 6.07) is 17.6. The van der Waals surface area contributed by atoms with Gasteiger partial charge in [0.25, 0.3) is 0 Å². The molecule has 2 aliphatic rings. The first-order valence-corrected chi connectivity index (χ1v) is 11.9. The minimum atomic E-state index is 0.103. The van der Waals surface area contributed by atoms with Crippen molar-refractivity contribution in [2.75, 3.05) is 26.2 Å². The van der Waals surface area contributed by atoms with Gasteiger partial charge in [-0.25, -0.2) is 4.99 Å². The number of amidine groups is 2. The van der Waals surface area contributed by atoms with Crippen molar-refractivity contribution in [3.05, 3.63) is 81.9 Å². The molecule has 4 N–H and O–H groups in total. The van der Waals surface area contributed by atoms with Crippen LogP contribution >= 0.6 is 11.8 Å². The van der Waals surface area contributed by atoms with Gasteiger partial charge in [-0.05, 0) is 36.4 Å². The van der Waals surface area contributed by atoms with Gasteiger partial charge in [-0.3, -0.25) is 16.2 Å². The predicted octanol–water partition coefficient (Wildman–Crippen LogP) is 3.31. The first-order valence-electron chi connectivity index (χ1n) is 11.1. The molecular weight excluding hydrogens is 444 g/mol. The lowest BCUT2D eigenvalue weighted by atomic mass is 10.0. The molecule has 0 saturated carbocycles. The minimum absolute atomic E-state index is 0.103. The smallest absolute Gasteiger partial charge is 0.146 e. The number of hydrogen-bond donors (Lipinski definition) is 4. The monoisotopic (exact) mass is 470 g/mol. The molecule has 0 aromatic heterocycles. The van der Waals surface area contributed by atoms with E-state index in [2.05, 4.69) is 31.8 Å². The lowest BCUT2D eigenvalue weighted by Crippen LogP contribution is -2.34. The van der Waals surface area contributed by atoms with E-state index in [1.165, 1.54) is 11.8 Å². The molecular formula is C25H26N8S. The van der Waals surface area contributed by atoms with E-state index in [-0.39, 0.29) is 5.84 Å². The molecule has 34 heavy (non-hydrogen) atoms. The normalized spacial score (nSPS) is 17.2. The van der Waals surface area contributed by atoms with Gasteiger partial charge in [-0.15, -0.1) is 0 Å². The van der Waals surface area contributed by atoms with Gasteiger partial charge < -0.3 is 10.2 Å². The molecule has 172 valence electrons. The molecule has 0 bridgehead atoms. The van der Waals surface area contributed by atoms with Crippen LogP contribution in [0.1, 0.15) is 28.7 Å². The Morgan fingerprint density at radius 3 is 2.85 bits per heavy atom. The fourth-order valence-electron chi connectivity index (χ4n) is 3.68. The third-order valence-electron chi connectivity index (χ3n) is 5.46. The highest BCUT2D eigenvalue weighted by molar-refractivity contribution is 8.17. The van der Waals surface area contributed by atoms with Crippen molar-refractivity contribution in [2.24, 2.45) is 10.1 Å². The lowest BCUT2D eigenvalue weighted by Gasteiger charge is -2.23. The largest absolute Gasteiger partial charge is 0.355 e. The number of thioether (sulfide) groups is 1. The fraction of sp³-hybridized carbons (Fsp3) is 0.240. The number of aliphatic imine (C=N–C) groups is 1. The first kappa shape index (κ1) is 23.4. The minimum Gasteiger partial charge on any atom is -0.355 e. The van der Waals surface area contributed by atoms with Crippen LogP contribution in [0.4, 0.5) is 0 Å². The summed E-state index contributed by atoms with van der Waals surface area (Å²) in [5.74, 6) is 0.554. The van der Waals surface area contributed by atoms with Gasteiger partial charge in [-0.1, -0.05) is 42.5 Å². The highest BCUT2D eigenvalue weighted by Crippen LogP contribution is 2.25. The second kappa shape index (κ2) is 11.4. The van der Waals surface area contributed by atoms with Crippen molar-refractivity contribution in [3.8, 4) is 6.07 Å². The number of nitrogens with zero attached hydrogens (tertiary/aromatic N) is 4. The van der Waals surface area contributed by atoms with Gasteiger partial charge in [0.15, 0.2) is 0 Å². The van der Waals surface area contributed by atoms with Gasteiger partial charge >= 0.3 is 0 Å². The molecule has 0 aliphatic carbocycles. The van der Waals surface area contributed by atoms with Crippen molar-refractivity contribution < 1.29 is 0 Å². The topological polar surface area (TPSA) is 124 Å². The highest BCUT2D eigenvalue weighted by Gasteiger charge is 2.16. The van der Waals surface area contributed by atoms with Crippen LogP contribution < -0.4 is 10.7 Å². The fourth-order valence-corrected chi connectivity index (χ4v) is 4.50. The third kappa shape index (κ3) is 5.98. The number of rotatable bonds is 5. The Labute approximate surface area is 203 Å². The number of benzene rings is 2. The van der Waals surface area contributed by atoms with Gasteiger partial charge in [0.1, 0.15) is 16.7 Å². The Kier molecular flexibility index (Phi) is 7.86.